The number of aliphatic carboxylic acids is 1. The average molecular weight is 428 g/mol. The Kier molecular flexibility index (Phi) is 11.7. The number of nitrogens with two attached hydrogens (primary N) is 1. The van der Waals surface area contributed by atoms with Gasteiger partial charge in [-0.1, -0.05) is 66.8 Å². The molecule has 0 spiro atoms. The maximum atomic E-state index is 11.9. The number of carboxylic acid groups (broad SMARTS) is 1. The molecule has 1 unspecified atom stereocenters. The van der Waals surface area contributed by atoms with Gasteiger partial charge in [0.05, 0.1) is 6.54 Å². The third kappa shape index (κ3) is 10.7. The number of nitrogens with one attached hydrogen (secondary N) is 1. The van der Waals surface area contributed by atoms with E-state index in [1.54, 1.807) is 6.92 Å². The number of hydrogen-bond acceptors (Lipinski definition) is 5. The largest absolute Gasteiger partial charge is 0.480 e. The summed E-state index contributed by atoms with van der Waals surface area (Å²) >= 11 is 16.7. The number of esters is 1. The Balaban J connectivity index is 0.00000110. The molecule has 0 fully saturated rings. The number of ether oxygens (including phenoxy) is 1. The lowest BCUT2D eigenvalue weighted by Gasteiger charge is -2.20. The number of anilines is 1. The lowest BCUT2D eigenvalue weighted by molar-refractivity contribution is -0.144. The van der Waals surface area contributed by atoms with Gasteiger partial charge in [-0.3, -0.25) is 4.79 Å². The highest BCUT2D eigenvalue weighted by Gasteiger charge is 2.24. The third-order valence-electron chi connectivity index (χ3n) is 3.38. The molecular formula is C17H25Cl3N2O4. The number of alkyl halides is 3. The molecule has 1 rings (SSSR count). The van der Waals surface area contributed by atoms with E-state index in [9.17, 15) is 9.59 Å². The minimum Gasteiger partial charge on any atom is -0.480 e. The molecule has 0 saturated carbocycles. The highest BCUT2D eigenvalue weighted by molar-refractivity contribution is 6.67. The Morgan fingerprint density at radius 1 is 1.27 bits per heavy atom. The van der Waals surface area contributed by atoms with E-state index >= 15 is 0 Å². The first-order chi connectivity index (χ1) is 12.0. The summed E-state index contributed by atoms with van der Waals surface area (Å²) in [6.07, 6.45) is 1.02. The van der Waals surface area contributed by atoms with Crippen LogP contribution in [0, 0.1) is 0 Å². The van der Waals surface area contributed by atoms with Crippen molar-refractivity contribution in [3.63, 3.8) is 0 Å². The van der Waals surface area contributed by atoms with Gasteiger partial charge in [0.25, 0.3) is 0 Å². The first kappa shape index (κ1) is 24.8. The van der Waals surface area contributed by atoms with Gasteiger partial charge in [-0.05, 0) is 30.9 Å². The van der Waals surface area contributed by atoms with E-state index in [0.717, 1.165) is 12.1 Å². The molecule has 0 bridgehead atoms. The number of hydrogen-bond donors (Lipinski definition) is 3. The standard InChI is InChI=1S/C15H20Cl3NO2.C2H5NO2/c1-4-10(2)12-7-5-6-8-13(12)19-11(3)14(20)21-9-15(16,17)18;3-1-2(4)5/h5-8,10-11,19H,4,9H2,1-3H3;1,3H2,(H,4,5)/t10?,11-;/m0./s1. The van der Waals surface area contributed by atoms with E-state index < -0.39 is 21.8 Å². The van der Waals surface area contributed by atoms with Crippen molar-refractivity contribution in [1.82, 2.24) is 0 Å². The maximum absolute atomic E-state index is 11.9. The molecule has 1 aromatic carbocycles. The molecule has 1 aromatic rings. The zero-order valence-electron chi connectivity index (χ0n) is 15.0. The number of para-hydroxylation sites is 1. The number of carbonyl (C=O) groups excluding carboxylic acids is 1. The fourth-order valence-electron chi connectivity index (χ4n) is 1.85. The molecule has 6 nitrogen and oxygen atoms in total. The molecule has 148 valence electrons. The topological polar surface area (TPSA) is 102 Å². The van der Waals surface area contributed by atoms with Gasteiger partial charge >= 0.3 is 11.9 Å². The summed E-state index contributed by atoms with van der Waals surface area (Å²) in [7, 11) is 0. The molecule has 0 aliphatic heterocycles. The van der Waals surface area contributed by atoms with Gasteiger partial charge < -0.3 is 20.9 Å². The summed E-state index contributed by atoms with van der Waals surface area (Å²) in [5.74, 6) is -1.02. The first-order valence-corrected chi connectivity index (χ1v) is 9.15. The number of carboxylic acids is 1. The van der Waals surface area contributed by atoms with Crippen molar-refractivity contribution in [2.45, 2.75) is 42.9 Å². The van der Waals surface area contributed by atoms with Crippen LogP contribution in [0.1, 0.15) is 38.7 Å². The second-order valence-electron chi connectivity index (χ2n) is 5.58. The van der Waals surface area contributed by atoms with Gasteiger partial charge in [0, 0.05) is 5.69 Å². The van der Waals surface area contributed by atoms with Crippen LogP contribution < -0.4 is 11.1 Å². The minimum atomic E-state index is -1.59. The molecule has 0 aromatic heterocycles. The van der Waals surface area contributed by atoms with Crippen molar-refractivity contribution in [2.24, 2.45) is 5.73 Å². The normalized spacial score (nSPS) is 13.0. The highest BCUT2D eigenvalue weighted by Crippen LogP contribution is 2.28. The van der Waals surface area contributed by atoms with Gasteiger partial charge in [-0.15, -0.1) is 0 Å². The van der Waals surface area contributed by atoms with Crippen LogP contribution in [0.2, 0.25) is 0 Å². The van der Waals surface area contributed by atoms with Gasteiger partial charge in [-0.25, -0.2) is 4.79 Å². The summed E-state index contributed by atoms with van der Waals surface area (Å²) in [6.45, 7) is 5.44. The number of benzene rings is 1. The Hall–Kier alpha value is -1.21. The van der Waals surface area contributed by atoms with Crippen LogP contribution in [-0.4, -0.2) is 40.0 Å². The van der Waals surface area contributed by atoms with Crippen molar-refractivity contribution in [2.75, 3.05) is 18.5 Å². The van der Waals surface area contributed by atoms with E-state index in [4.69, 9.17) is 44.6 Å². The van der Waals surface area contributed by atoms with Crippen molar-refractivity contribution in [3.05, 3.63) is 29.8 Å². The number of carbonyl (C=O) groups is 2. The van der Waals surface area contributed by atoms with Crippen LogP contribution >= 0.6 is 34.8 Å². The summed E-state index contributed by atoms with van der Waals surface area (Å²) in [6, 6.07) is 7.38. The monoisotopic (exact) mass is 426 g/mol. The molecule has 4 N–H and O–H groups in total. The lowest BCUT2D eigenvalue weighted by atomic mass is 9.96. The lowest BCUT2D eigenvalue weighted by Crippen LogP contribution is -2.31. The van der Waals surface area contributed by atoms with E-state index in [2.05, 4.69) is 31.0 Å². The Bertz CT molecular complexity index is 579. The summed E-state index contributed by atoms with van der Waals surface area (Å²) in [5.41, 5.74) is 6.66. The smallest absolute Gasteiger partial charge is 0.328 e. The van der Waals surface area contributed by atoms with Crippen molar-refractivity contribution < 1.29 is 19.4 Å². The van der Waals surface area contributed by atoms with Gasteiger partial charge in [0.1, 0.15) is 12.6 Å². The van der Waals surface area contributed by atoms with Gasteiger partial charge in [0.15, 0.2) is 0 Å². The van der Waals surface area contributed by atoms with Crippen molar-refractivity contribution in [1.29, 1.82) is 0 Å². The van der Waals surface area contributed by atoms with E-state index in [1.807, 2.05) is 18.2 Å². The van der Waals surface area contributed by atoms with E-state index in [-0.39, 0.29) is 13.2 Å². The van der Waals surface area contributed by atoms with Crippen LogP contribution in [0.25, 0.3) is 0 Å². The molecule has 0 heterocycles. The molecular weight excluding hydrogens is 403 g/mol. The zero-order chi connectivity index (χ0) is 20.3. The van der Waals surface area contributed by atoms with Crippen molar-refractivity contribution in [3.8, 4) is 0 Å². The fourth-order valence-corrected chi connectivity index (χ4v) is 2.01. The zero-order valence-corrected chi connectivity index (χ0v) is 17.2. The van der Waals surface area contributed by atoms with E-state index in [0.29, 0.717) is 5.92 Å². The number of halogens is 3. The third-order valence-corrected chi connectivity index (χ3v) is 3.71. The second kappa shape index (κ2) is 12.2. The van der Waals surface area contributed by atoms with Crippen LogP contribution in [0.4, 0.5) is 5.69 Å². The first-order valence-electron chi connectivity index (χ1n) is 8.02. The minimum absolute atomic E-state index is 0.268. The van der Waals surface area contributed by atoms with E-state index in [1.165, 1.54) is 5.56 Å². The van der Waals surface area contributed by atoms with Crippen LogP contribution in [0.15, 0.2) is 24.3 Å². The second-order valence-corrected chi connectivity index (χ2v) is 8.10. The van der Waals surface area contributed by atoms with Gasteiger partial charge in [0.2, 0.25) is 3.79 Å². The molecule has 0 aliphatic rings. The molecule has 0 amide bonds. The molecule has 0 saturated heterocycles. The maximum Gasteiger partial charge on any atom is 0.328 e. The Morgan fingerprint density at radius 2 is 1.81 bits per heavy atom. The molecule has 0 aliphatic carbocycles. The van der Waals surface area contributed by atoms with Crippen LogP contribution in [-0.2, 0) is 14.3 Å². The summed E-state index contributed by atoms with van der Waals surface area (Å²) in [5, 5.41) is 10.8. The molecule has 2 atom stereocenters. The summed E-state index contributed by atoms with van der Waals surface area (Å²) in [4.78, 5) is 21.1. The molecule has 0 radical (unpaired) electrons. The molecule has 9 heteroatoms. The van der Waals surface area contributed by atoms with Crippen LogP contribution in [0.3, 0.4) is 0 Å². The summed E-state index contributed by atoms with van der Waals surface area (Å²) < 4.78 is 3.38. The van der Waals surface area contributed by atoms with Gasteiger partial charge in [-0.2, -0.15) is 0 Å². The molecule has 26 heavy (non-hydrogen) atoms. The predicted molar refractivity (Wildman–Crippen MR) is 106 cm³/mol. The van der Waals surface area contributed by atoms with Crippen molar-refractivity contribution >= 4 is 52.4 Å². The highest BCUT2D eigenvalue weighted by atomic mass is 35.6. The Labute approximate surface area is 168 Å². The SMILES string of the molecule is CCC(C)c1ccccc1N[C@@H](C)C(=O)OCC(Cl)(Cl)Cl.NCC(=O)O. The fraction of sp³-hybridized carbons (Fsp3) is 0.529. The number of rotatable bonds is 7. The quantitative estimate of drug-likeness (QED) is 0.450. The van der Waals surface area contributed by atoms with Crippen LogP contribution in [0.5, 0.6) is 0 Å². The average Bonchev–Trinajstić information content (AvgIpc) is 2.59. The Morgan fingerprint density at radius 3 is 2.27 bits per heavy atom. The predicted octanol–water partition coefficient (Wildman–Crippen LogP) is 3.94.